The number of rotatable bonds is 4. The largest absolute Gasteiger partial charge is 0.341 e. The van der Waals surface area contributed by atoms with Gasteiger partial charge in [-0.3, -0.25) is 4.79 Å². The topological polar surface area (TPSA) is 80.5 Å². The standard InChI is InChI=1S/C13H24N2O3S/c1-15(12(16)9-13(14)7-4-8-13)10-5-3-6-11(10)19(2,17)18/h10-11H,3-9,14H2,1-2H3/t10-,11-/m1/s1. The van der Waals surface area contributed by atoms with E-state index >= 15 is 0 Å². The van der Waals surface area contributed by atoms with Crippen molar-refractivity contribution in [3.8, 4) is 0 Å². The second-order valence-corrected chi connectivity index (χ2v) is 8.53. The molecule has 2 aliphatic carbocycles. The van der Waals surface area contributed by atoms with Crippen molar-refractivity contribution in [1.29, 1.82) is 0 Å². The van der Waals surface area contributed by atoms with Gasteiger partial charge in [-0.1, -0.05) is 0 Å². The summed E-state index contributed by atoms with van der Waals surface area (Å²) in [6.07, 6.45) is 6.80. The Morgan fingerprint density at radius 2 is 1.95 bits per heavy atom. The van der Waals surface area contributed by atoms with Crippen molar-refractivity contribution in [3.05, 3.63) is 0 Å². The molecule has 0 radical (unpaired) electrons. The van der Waals surface area contributed by atoms with Crippen LogP contribution >= 0.6 is 0 Å². The van der Waals surface area contributed by atoms with Crippen LogP contribution < -0.4 is 5.73 Å². The Morgan fingerprint density at radius 1 is 1.32 bits per heavy atom. The van der Waals surface area contributed by atoms with Gasteiger partial charge in [-0.2, -0.15) is 0 Å². The zero-order valence-electron chi connectivity index (χ0n) is 11.8. The molecule has 5 nitrogen and oxygen atoms in total. The van der Waals surface area contributed by atoms with Gasteiger partial charge in [-0.25, -0.2) is 8.42 Å². The molecule has 2 aliphatic rings. The van der Waals surface area contributed by atoms with E-state index in [9.17, 15) is 13.2 Å². The molecule has 0 bridgehead atoms. The van der Waals surface area contributed by atoms with Crippen LogP contribution in [0.3, 0.4) is 0 Å². The molecule has 0 aromatic heterocycles. The molecule has 0 aromatic rings. The van der Waals surface area contributed by atoms with E-state index in [1.807, 2.05) is 0 Å². The molecule has 2 N–H and O–H groups in total. The zero-order valence-corrected chi connectivity index (χ0v) is 12.6. The van der Waals surface area contributed by atoms with Gasteiger partial charge in [-0.05, 0) is 38.5 Å². The van der Waals surface area contributed by atoms with Gasteiger partial charge < -0.3 is 10.6 Å². The van der Waals surface area contributed by atoms with E-state index < -0.39 is 15.1 Å². The quantitative estimate of drug-likeness (QED) is 0.825. The summed E-state index contributed by atoms with van der Waals surface area (Å²) in [5.74, 6) is -0.0113. The molecule has 1 amide bonds. The van der Waals surface area contributed by atoms with Crippen molar-refractivity contribution in [2.24, 2.45) is 5.73 Å². The number of nitrogens with two attached hydrogens (primary N) is 1. The van der Waals surface area contributed by atoms with Gasteiger partial charge >= 0.3 is 0 Å². The van der Waals surface area contributed by atoms with Gasteiger partial charge in [0.25, 0.3) is 0 Å². The van der Waals surface area contributed by atoms with Gasteiger partial charge in [0, 0.05) is 31.3 Å². The summed E-state index contributed by atoms with van der Waals surface area (Å²) in [6.45, 7) is 0. The van der Waals surface area contributed by atoms with E-state index in [-0.39, 0.29) is 17.5 Å². The minimum absolute atomic E-state index is 0.0113. The van der Waals surface area contributed by atoms with E-state index in [2.05, 4.69) is 0 Å². The highest BCUT2D eigenvalue weighted by Crippen LogP contribution is 2.34. The second kappa shape index (κ2) is 5.05. The summed E-state index contributed by atoms with van der Waals surface area (Å²) in [7, 11) is -1.37. The van der Waals surface area contributed by atoms with Crippen LogP contribution in [0.1, 0.15) is 44.9 Å². The van der Waals surface area contributed by atoms with Crippen molar-refractivity contribution in [2.45, 2.75) is 61.8 Å². The van der Waals surface area contributed by atoms with E-state index in [1.54, 1.807) is 11.9 Å². The summed E-state index contributed by atoms with van der Waals surface area (Å²) in [6, 6.07) is -0.175. The first-order valence-electron chi connectivity index (χ1n) is 6.96. The first-order chi connectivity index (χ1) is 8.73. The fourth-order valence-electron chi connectivity index (χ4n) is 3.27. The molecule has 6 heteroatoms. The smallest absolute Gasteiger partial charge is 0.224 e. The summed E-state index contributed by atoms with van der Waals surface area (Å²) >= 11 is 0. The minimum atomic E-state index is -3.09. The predicted molar refractivity (Wildman–Crippen MR) is 74.4 cm³/mol. The maximum absolute atomic E-state index is 12.3. The first kappa shape index (κ1) is 14.8. The Labute approximate surface area is 115 Å². The Bertz CT molecular complexity index is 457. The molecular weight excluding hydrogens is 264 g/mol. The van der Waals surface area contributed by atoms with Crippen LogP contribution in [0.15, 0.2) is 0 Å². The van der Waals surface area contributed by atoms with Crippen molar-refractivity contribution in [3.63, 3.8) is 0 Å². The highest BCUT2D eigenvalue weighted by Gasteiger charge is 2.41. The third-order valence-corrected chi connectivity index (χ3v) is 6.36. The molecule has 0 heterocycles. The molecule has 2 rings (SSSR count). The molecule has 0 spiro atoms. The van der Waals surface area contributed by atoms with Crippen LogP contribution in [0.5, 0.6) is 0 Å². The molecular formula is C13H24N2O3S. The molecule has 110 valence electrons. The Kier molecular flexibility index (Phi) is 3.93. The zero-order chi connectivity index (χ0) is 14.3. The molecule has 0 saturated heterocycles. The molecule has 0 unspecified atom stereocenters. The van der Waals surface area contributed by atoms with Gasteiger partial charge in [0.05, 0.1) is 5.25 Å². The molecule has 19 heavy (non-hydrogen) atoms. The van der Waals surface area contributed by atoms with E-state index in [1.165, 1.54) is 6.26 Å². The fraction of sp³-hybridized carbons (Fsp3) is 0.923. The summed E-state index contributed by atoms with van der Waals surface area (Å²) in [5.41, 5.74) is 5.75. The highest BCUT2D eigenvalue weighted by molar-refractivity contribution is 7.91. The van der Waals surface area contributed by atoms with Gasteiger partial charge in [0.15, 0.2) is 9.84 Å². The van der Waals surface area contributed by atoms with Crippen molar-refractivity contribution in [1.82, 2.24) is 4.90 Å². The summed E-state index contributed by atoms with van der Waals surface area (Å²) in [4.78, 5) is 13.9. The maximum atomic E-state index is 12.3. The number of hydrogen-bond donors (Lipinski definition) is 1. The van der Waals surface area contributed by atoms with Crippen LogP contribution in [0.2, 0.25) is 0 Å². The lowest BCUT2D eigenvalue weighted by atomic mass is 9.75. The SMILES string of the molecule is CN(C(=O)CC1(N)CCC1)[C@@H]1CCC[C@H]1S(C)(=O)=O. The number of sulfone groups is 1. The van der Waals surface area contributed by atoms with Crippen LogP contribution in [-0.2, 0) is 14.6 Å². The predicted octanol–water partition coefficient (Wildman–Crippen LogP) is 0.682. The van der Waals surface area contributed by atoms with Crippen LogP contribution in [0.4, 0.5) is 0 Å². The summed E-state index contributed by atoms with van der Waals surface area (Å²) in [5, 5.41) is -0.406. The summed E-state index contributed by atoms with van der Waals surface area (Å²) < 4.78 is 23.5. The van der Waals surface area contributed by atoms with Crippen molar-refractivity contribution >= 4 is 15.7 Å². The van der Waals surface area contributed by atoms with Crippen LogP contribution in [-0.4, -0.2) is 49.4 Å². The van der Waals surface area contributed by atoms with E-state index in [4.69, 9.17) is 5.73 Å². The molecule has 0 aromatic carbocycles. The molecule has 2 saturated carbocycles. The Balaban J connectivity index is 2.02. The monoisotopic (exact) mass is 288 g/mol. The molecule has 0 aliphatic heterocycles. The third kappa shape index (κ3) is 3.11. The lowest BCUT2D eigenvalue weighted by molar-refractivity contribution is -0.133. The number of carbonyl (C=O) groups is 1. The van der Waals surface area contributed by atoms with Gasteiger partial charge in [0.2, 0.25) is 5.91 Å². The number of nitrogens with zero attached hydrogens (tertiary/aromatic N) is 1. The van der Waals surface area contributed by atoms with Crippen molar-refractivity contribution in [2.75, 3.05) is 13.3 Å². The Morgan fingerprint density at radius 3 is 2.42 bits per heavy atom. The molecule has 2 atom stereocenters. The normalized spacial score (nSPS) is 29.8. The minimum Gasteiger partial charge on any atom is -0.341 e. The lowest BCUT2D eigenvalue weighted by Gasteiger charge is -2.39. The van der Waals surface area contributed by atoms with Gasteiger partial charge in [0.1, 0.15) is 0 Å². The third-order valence-electron chi connectivity index (χ3n) is 4.71. The van der Waals surface area contributed by atoms with Gasteiger partial charge in [-0.15, -0.1) is 0 Å². The van der Waals surface area contributed by atoms with Crippen molar-refractivity contribution < 1.29 is 13.2 Å². The number of carbonyl (C=O) groups excluding carboxylic acids is 1. The fourth-order valence-corrected chi connectivity index (χ4v) is 4.75. The number of amides is 1. The highest BCUT2D eigenvalue weighted by atomic mass is 32.2. The second-order valence-electron chi connectivity index (χ2n) is 6.26. The number of hydrogen-bond acceptors (Lipinski definition) is 4. The van der Waals surface area contributed by atoms with E-state index in [0.717, 1.165) is 32.1 Å². The van der Waals surface area contributed by atoms with Crippen LogP contribution in [0.25, 0.3) is 0 Å². The average molecular weight is 288 g/mol. The van der Waals surface area contributed by atoms with Crippen LogP contribution in [0, 0.1) is 0 Å². The molecule has 2 fully saturated rings. The average Bonchev–Trinajstić information content (AvgIpc) is 2.74. The lowest BCUT2D eigenvalue weighted by Crippen LogP contribution is -2.52. The van der Waals surface area contributed by atoms with E-state index in [0.29, 0.717) is 12.8 Å². The maximum Gasteiger partial charge on any atom is 0.224 e. The first-order valence-corrected chi connectivity index (χ1v) is 8.92. The Hall–Kier alpha value is -0.620.